The molecule has 0 unspecified atom stereocenters. The summed E-state index contributed by atoms with van der Waals surface area (Å²) < 4.78 is 5.71. The van der Waals surface area contributed by atoms with E-state index in [2.05, 4.69) is 5.32 Å². The van der Waals surface area contributed by atoms with Gasteiger partial charge in [-0.25, -0.2) is 0 Å². The minimum absolute atomic E-state index is 0.0650. The topological polar surface area (TPSA) is 58.6 Å². The summed E-state index contributed by atoms with van der Waals surface area (Å²) >= 11 is 1.32. The summed E-state index contributed by atoms with van der Waals surface area (Å²) in [7, 11) is 0. The van der Waals surface area contributed by atoms with E-state index in [1.807, 2.05) is 44.2 Å². The van der Waals surface area contributed by atoms with Crippen molar-refractivity contribution in [1.82, 2.24) is 4.90 Å². The van der Waals surface area contributed by atoms with Crippen molar-refractivity contribution < 1.29 is 14.3 Å². The van der Waals surface area contributed by atoms with Crippen molar-refractivity contribution in [2.75, 3.05) is 29.9 Å². The van der Waals surface area contributed by atoms with Crippen LogP contribution in [0, 0.1) is 0 Å². The molecule has 1 N–H and O–H groups in total. The quantitative estimate of drug-likeness (QED) is 0.722. The minimum atomic E-state index is -0.126. The molecule has 0 spiro atoms. The van der Waals surface area contributed by atoms with Gasteiger partial charge in [0.15, 0.2) is 0 Å². The summed E-state index contributed by atoms with van der Waals surface area (Å²) in [6.07, 6.45) is 0. The highest BCUT2D eigenvalue weighted by Gasteiger charge is 2.11. The number of hydrogen-bond acceptors (Lipinski definition) is 4. The Morgan fingerprint density at radius 2 is 1.54 bits per heavy atom. The van der Waals surface area contributed by atoms with Crippen molar-refractivity contribution in [2.24, 2.45) is 0 Å². The van der Waals surface area contributed by atoms with Crippen LogP contribution in [-0.4, -0.2) is 41.3 Å². The molecule has 26 heavy (non-hydrogen) atoms. The Bertz CT molecular complexity index is 701. The molecule has 0 aliphatic rings. The Morgan fingerprint density at radius 3 is 2.15 bits per heavy atom. The fourth-order valence-electron chi connectivity index (χ4n) is 2.33. The molecule has 0 saturated heterocycles. The number of amides is 2. The second kappa shape index (κ2) is 10.5. The molecule has 0 heterocycles. The zero-order valence-electron chi connectivity index (χ0n) is 15.1. The van der Waals surface area contributed by atoms with Crippen LogP contribution in [0.3, 0.4) is 0 Å². The lowest BCUT2D eigenvalue weighted by Gasteiger charge is -2.18. The molecule has 2 rings (SSSR count). The van der Waals surface area contributed by atoms with Crippen molar-refractivity contribution >= 4 is 29.3 Å². The zero-order valence-corrected chi connectivity index (χ0v) is 15.9. The first-order chi connectivity index (χ1) is 12.6. The van der Waals surface area contributed by atoms with Gasteiger partial charge in [-0.1, -0.05) is 18.2 Å². The average molecular weight is 372 g/mol. The highest BCUT2D eigenvalue weighted by atomic mass is 32.2. The van der Waals surface area contributed by atoms with Gasteiger partial charge in [-0.05, 0) is 50.2 Å². The lowest BCUT2D eigenvalue weighted by molar-refractivity contribution is -0.127. The average Bonchev–Trinajstić information content (AvgIpc) is 2.65. The Hall–Kier alpha value is -2.47. The van der Waals surface area contributed by atoms with Crippen LogP contribution >= 0.6 is 11.8 Å². The number of carbonyl (C=O) groups excluding carboxylic acids is 2. The van der Waals surface area contributed by atoms with Gasteiger partial charge in [-0.2, -0.15) is 0 Å². The normalized spacial score (nSPS) is 10.2. The van der Waals surface area contributed by atoms with Crippen LogP contribution in [0.25, 0.3) is 0 Å². The van der Waals surface area contributed by atoms with Crippen LogP contribution in [0.5, 0.6) is 11.5 Å². The van der Waals surface area contributed by atoms with Gasteiger partial charge < -0.3 is 15.0 Å². The third-order valence-electron chi connectivity index (χ3n) is 3.69. The van der Waals surface area contributed by atoms with Crippen molar-refractivity contribution in [1.29, 1.82) is 0 Å². The monoisotopic (exact) mass is 372 g/mol. The molecule has 0 aliphatic heterocycles. The first kappa shape index (κ1) is 19.8. The fourth-order valence-corrected chi connectivity index (χ4v) is 3.04. The second-order valence-electron chi connectivity index (χ2n) is 5.55. The Labute approximate surface area is 158 Å². The van der Waals surface area contributed by atoms with Gasteiger partial charge in [0, 0.05) is 18.8 Å². The Kier molecular flexibility index (Phi) is 8.02. The van der Waals surface area contributed by atoms with Gasteiger partial charge in [0.05, 0.1) is 11.5 Å². The molecule has 0 atom stereocenters. The van der Waals surface area contributed by atoms with Gasteiger partial charge in [0.25, 0.3) is 0 Å². The largest absolute Gasteiger partial charge is 0.457 e. The maximum atomic E-state index is 12.0. The van der Waals surface area contributed by atoms with E-state index in [0.717, 1.165) is 5.75 Å². The van der Waals surface area contributed by atoms with E-state index in [0.29, 0.717) is 30.3 Å². The predicted molar refractivity (Wildman–Crippen MR) is 107 cm³/mol. The van der Waals surface area contributed by atoms with Crippen molar-refractivity contribution in [3.63, 3.8) is 0 Å². The number of para-hydroxylation sites is 1. The molecular formula is C20H24N2O3S. The van der Waals surface area contributed by atoms with Crippen LogP contribution in [0.1, 0.15) is 13.8 Å². The first-order valence-electron chi connectivity index (χ1n) is 8.60. The molecule has 0 fully saturated rings. The SMILES string of the molecule is CCN(CC)C(=O)CSCC(=O)Nc1ccc(Oc2ccccc2)cc1. The standard InChI is InChI=1S/C20H24N2O3S/c1-3-22(4-2)20(24)15-26-14-19(23)21-16-10-12-18(13-11-16)25-17-8-6-5-7-9-17/h5-13H,3-4,14-15H2,1-2H3,(H,21,23). The smallest absolute Gasteiger partial charge is 0.234 e. The van der Waals surface area contributed by atoms with Crippen LogP contribution in [-0.2, 0) is 9.59 Å². The zero-order chi connectivity index (χ0) is 18.8. The Balaban J connectivity index is 1.76. The van der Waals surface area contributed by atoms with E-state index in [4.69, 9.17) is 4.74 Å². The maximum Gasteiger partial charge on any atom is 0.234 e. The summed E-state index contributed by atoms with van der Waals surface area (Å²) in [6.45, 7) is 5.28. The van der Waals surface area contributed by atoms with Crippen molar-refractivity contribution in [3.8, 4) is 11.5 Å². The second-order valence-corrected chi connectivity index (χ2v) is 6.53. The molecular weight excluding hydrogens is 348 g/mol. The fraction of sp³-hybridized carbons (Fsp3) is 0.300. The highest BCUT2D eigenvalue weighted by Crippen LogP contribution is 2.22. The summed E-state index contributed by atoms with van der Waals surface area (Å²) in [5.41, 5.74) is 0.700. The van der Waals surface area contributed by atoms with Crippen molar-refractivity contribution in [2.45, 2.75) is 13.8 Å². The van der Waals surface area contributed by atoms with Crippen LogP contribution in [0.2, 0.25) is 0 Å². The van der Waals surface area contributed by atoms with Gasteiger partial charge in [0.2, 0.25) is 11.8 Å². The summed E-state index contributed by atoms with van der Waals surface area (Å²) in [6, 6.07) is 16.7. The van der Waals surface area contributed by atoms with Gasteiger partial charge >= 0.3 is 0 Å². The van der Waals surface area contributed by atoms with E-state index in [1.165, 1.54) is 11.8 Å². The van der Waals surface area contributed by atoms with Crippen LogP contribution in [0.4, 0.5) is 5.69 Å². The number of nitrogens with zero attached hydrogens (tertiary/aromatic N) is 1. The molecule has 2 aromatic carbocycles. The number of carbonyl (C=O) groups is 2. The molecule has 138 valence electrons. The molecule has 0 aromatic heterocycles. The van der Waals surface area contributed by atoms with E-state index in [9.17, 15) is 9.59 Å². The van der Waals surface area contributed by atoms with Crippen molar-refractivity contribution in [3.05, 3.63) is 54.6 Å². The molecule has 2 aromatic rings. The van der Waals surface area contributed by atoms with Gasteiger partial charge in [-0.3, -0.25) is 9.59 Å². The number of nitrogens with one attached hydrogen (secondary N) is 1. The lowest BCUT2D eigenvalue weighted by atomic mass is 10.3. The number of hydrogen-bond donors (Lipinski definition) is 1. The van der Waals surface area contributed by atoms with Gasteiger partial charge in [0.1, 0.15) is 11.5 Å². The number of anilines is 1. The predicted octanol–water partition coefficient (Wildman–Crippen LogP) is 4.02. The number of rotatable bonds is 9. The third-order valence-corrected chi connectivity index (χ3v) is 4.61. The van der Waals surface area contributed by atoms with E-state index >= 15 is 0 Å². The summed E-state index contributed by atoms with van der Waals surface area (Å²) in [4.78, 5) is 25.6. The number of thioether (sulfide) groups is 1. The molecule has 0 aliphatic carbocycles. The number of benzene rings is 2. The first-order valence-corrected chi connectivity index (χ1v) is 9.76. The molecule has 5 nitrogen and oxygen atoms in total. The third kappa shape index (κ3) is 6.44. The Morgan fingerprint density at radius 1 is 0.923 bits per heavy atom. The molecule has 0 bridgehead atoms. The summed E-state index contributed by atoms with van der Waals surface area (Å²) in [5, 5.41) is 2.82. The minimum Gasteiger partial charge on any atom is -0.457 e. The summed E-state index contributed by atoms with van der Waals surface area (Å²) in [5.74, 6) is 1.97. The number of ether oxygens (including phenoxy) is 1. The van der Waals surface area contributed by atoms with Crippen LogP contribution < -0.4 is 10.1 Å². The van der Waals surface area contributed by atoms with E-state index in [-0.39, 0.29) is 17.6 Å². The molecule has 0 saturated carbocycles. The van der Waals surface area contributed by atoms with E-state index in [1.54, 1.807) is 29.2 Å². The molecule has 2 amide bonds. The van der Waals surface area contributed by atoms with E-state index < -0.39 is 0 Å². The maximum absolute atomic E-state index is 12.0. The van der Waals surface area contributed by atoms with Crippen LogP contribution in [0.15, 0.2) is 54.6 Å². The highest BCUT2D eigenvalue weighted by molar-refractivity contribution is 8.00. The molecule has 0 radical (unpaired) electrons. The molecule has 6 heteroatoms. The lowest BCUT2D eigenvalue weighted by Crippen LogP contribution is -2.32. The van der Waals surface area contributed by atoms with Gasteiger partial charge in [-0.15, -0.1) is 11.8 Å².